The molecule has 1 N–H and O–H groups in total. The minimum atomic E-state index is -0.149. The lowest BCUT2D eigenvalue weighted by Crippen LogP contribution is -2.18. The minimum Gasteiger partial charge on any atom is -0.306 e. The van der Waals surface area contributed by atoms with Crippen molar-refractivity contribution in [3.8, 4) is 0 Å². The molecule has 2 aromatic rings. The Morgan fingerprint density at radius 2 is 2.11 bits per heavy atom. The Labute approximate surface area is 113 Å². The predicted octanol–water partition coefficient (Wildman–Crippen LogP) is 3.03. The van der Waals surface area contributed by atoms with Crippen molar-refractivity contribution in [1.82, 2.24) is 15.1 Å². The molecular formula is C15H20FN3. The van der Waals surface area contributed by atoms with E-state index in [1.54, 1.807) is 13.0 Å². The number of hydrogen-bond acceptors (Lipinski definition) is 2. The molecule has 0 aliphatic carbocycles. The molecule has 0 saturated heterocycles. The number of halogens is 1. The number of benzene rings is 1. The summed E-state index contributed by atoms with van der Waals surface area (Å²) in [6.45, 7) is 6.54. The summed E-state index contributed by atoms with van der Waals surface area (Å²) in [5.74, 6) is -0.149. The van der Waals surface area contributed by atoms with E-state index in [2.05, 4.69) is 10.4 Å². The summed E-state index contributed by atoms with van der Waals surface area (Å²) in [6.07, 6.45) is 2.00. The monoisotopic (exact) mass is 261 g/mol. The molecule has 0 aliphatic rings. The van der Waals surface area contributed by atoms with Gasteiger partial charge >= 0.3 is 0 Å². The van der Waals surface area contributed by atoms with E-state index >= 15 is 0 Å². The van der Waals surface area contributed by atoms with E-state index in [4.69, 9.17) is 0 Å². The highest BCUT2D eigenvalue weighted by Gasteiger charge is 2.09. The van der Waals surface area contributed by atoms with Gasteiger partial charge in [0.2, 0.25) is 0 Å². The summed E-state index contributed by atoms with van der Waals surface area (Å²) in [5.41, 5.74) is 3.84. The molecule has 0 fully saturated rings. The van der Waals surface area contributed by atoms with E-state index in [-0.39, 0.29) is 11.9 Å². The summed E-state index contributed by atoms with van der Waals surface area (Å²) in [5, 5.41) is 7.70. The lowest BCUT2D eigenvalue weighted by atomic mass is 10.1. The SMILES string of the molecule is Cc1ccc(C(C)NCc2cn(C)nc2C)cc1F. The van der Waals surface area contributed by atoms with Crippen LogP contribution in [0.1, 0.15) is 35.3 Å². The van der Waals surface area contributed by atoms with Gasteiger partial charge in [-0.3, -0.25) is 4.68 Å². The first-order valence-electron chi connectivity index (χ1n) is 6.46. The number of aromatic nitrogens is 2. The maximum absolute atomic E-state index is 13.5. The van der Waals surface area contributed by atoms with Gasteiger partial charge in [-0.1, -0.05) is 12.1 Å². The summed E-state index contributed by atoms with van der Waals surface area (Å²) in [7, 11) is 1.91. The van der Waals surface area contributed by atoms with Gasteiger partial charge in [-0.05, 0) is 38.0 Å². The van der Waals surface area contributed by atoms with Gasteiger partial charge in [-0.15, -0.1) is 0 Å². The lowest BCUT2D eigenvalue weighted by molar-refractivity contribution is 0.562. The Kier molecular flexibility index (Phi) is 4.00. The average Bonchev–Trinajstić information content (AvgIpc) is 2.68. The van der Waals surface area contributed by atoms with Crippen molar-refractivity contribution in [2.24, 2.45) is 7.05 Å². The van der Waals surface area contributed by atoms with Crippen molar-refractivity contribution in [2.45, 2.75) is 33.4 Å². The summed E-state index contributed by atoms with van der Waals surface area (Å²) in [4.78, 5) is 0. The van der Waals surface area contributed by atoms with E-state index in [0.717, 1.165) is 17.8 Å². The second-order valence-corrected chi connectivity index (χ2v) is 5.02. The summed E-state index contributed by atoms with van der Waals surface area (Å²) >= 11 is 0. The van der Waals surface area contributed by atoms with Gasteiger partial charge in [0.05, 0.1) is 5.69 Å². The van der Waals surface area contributed by atoms with Crippen molar-refractivity contribution < 1.29 is 4.39 Å². The highest BCUT2D eigenvalue weighted by molar-refractivity contribution is 5.25. The van der Waals surface area contributed by atoms with Gasteiger partial charge in [0.15, 0.2) is 0 Å². The fourth-order valence-electron chi connectivity index (χ4n) is 2.08. The molecule has 0 saturated carbocycles. The van der Waals surface area contributed by atoms with Crippen LogP contribution in [0.25, 0.3) is 0 Å². The summed E-state index contributed by atoms with van der Waals surface area (Å²) in [6, 6.07) is 5.49. The van der Waals surface area contributed by atoms with Gasteiger partial charge in [-0.25, -0.2) is 4.39 Å². The molecule has 2 rings (SSSR count). The normalized spacial score (nSPS) is 12.7. The van der Waals surface area contributed by atoms with E-state index in [0.29, 0.717) is 5.56 Å². The number of nitrogens with zero attached hydrogens (tertiary/aromatic N) is 2. The lowest BCUT2D eigenvalue weighted by Gasteiger charge is -2.14. The fourth-order valence-corrected chi connectivity index (χ4v) is 2.08. The molecule has 0 spiro atoms. The van der Waals surface area contributed by atoms with Crippen molar-refractivity contribution in [3.05, 3.63) is 52.6 Å². The number of aryl methyl sites for hydroxylation is 3. The number of nitrogens with one attached hydrogen (secondary N) is 1. The standard InChI is InChI=1S/C15H20FN3/c1-10-5-6-13(7-15(10)16)11(2)17-8-14-9-19(4)18-12(14)3/h5-7,9,11,17H,8H2,1-4H3. The molecule has 4 heteroatoms. The molecule has 1 aromatic heterocycles. The van der Waals surface area contributed by atoms with Gasteiger partial charge in [0, 0.05) is 31.4 Å². The van der Waals surface area contributed by atoms with Gasteiger partial charge in [0.25, 0.3) is 0 Å². The van der Waals surface area contributed by atoms with Gasteiger partial charge in [0.1, 0.15) is 5.82 Å². The maximum Gasteiger partial charge on any atom is 0.126 e. The molecule has 0 bridgehead atoms. The first-order valence-corrected chi connectivity index (χ1v) is 6.46. The molecule has 0 aliphatic heterocycles. The Bertz CT molecular complexity index is 575. The molecule has 19 heavy (non-hydrogen) atoms. The molecule has 1 heterocycles. The third-order valence-electron chi connectivity index (χ3n) is 3.41. The first-order chi connectivity index (χ1) is 8.97. The van der Waals surface area contributed by atoms with E-state index in [9.17, 15) is 4.39 Å². The topological polar surface area (TPSA) is 29.9 Å². The zero-order valence-electron chi connectivity index (χ0n) is 11.9. The zero-order valence-corrected chi connectivity index (χ0v) is 11.9. The van der Waals surface area contributed by atoms with Crippen LogP contribution in [0.15, 0.2) is 24.4 Å². The van der Waals surface area contributed by atoms with Crippen molar-refractivity contribution in [3.63, 3.8) is 0 Å². The number of rotatable bonds is 4. The third-order valence-corrected chi connectivity index (χ3v) is 3.41. The van der Waals surface area contributed by atoms with Crippen molar-refractivity contribution in [2.75, 3.05) is 0 Å². The van der Waals surface area contributed by atoms with Crippen LogP contribution in [-0.2, 0) is 13.6 Å². The maximum atomic E-state index is 13.5. The number of hydrogen-bond donors (Lipinski definition) is 1. The van der Waals surface area contributed by atoms with E-state index < -0.39 is 0 Å². The van der Waals surface area contributed by atoms with Crippen molar-refractivity contribution >= 4 is 0 Å². The highest BCUT2D eigenvalue weighted by Crippen LogP contribution is 2.17. The molecule has 0 radical (unpaired) electrons. The van der Waals surface area contributed by atoms with Crippen LogP contribution in [0, 0.1) is 19.7 Å². The van der Waals surface area contributed by atoms with E-state index in [1.165, 1.54) is 5.56 Å². The Morgan fingerprint density at radius 3 is 2.68 bits per heavy atom. The summed E-state index contributed by atoms with van der Waals surface area (Å²) < 4.78 is 15.3. The quantitative estimate of drug-likeness (QED) is 0.916. The Morgan fingerprint density at radius 1 is 1.37 bits per heavy atom. The second kappa shape index (κ2) is 5.53. The second-order valence-electron chi connectivity index (χ2n) is 5.02. The smallest absolute Gasteiger partial charge is 0.126 e. The molecule has 102 valence electrons. The third kappa shape index (κ3) is 3.20. The van der Waals surface area contributed by atoms with Crippen LogP contribution in [0.4, 0.5) is 4.39 Å². The van der Waals surface area contributed by atoms with E-state index in [1.807, 2.05) is 43.9 Å². The van der Waals surface area contributed by atoms with Crippen LogP contribution in [0.3, 0.4) is 0 Å². The first kappa shape index (κ1) is 13.7. The molecular weight excluding hydrogens is 241 g/mol. The van der Waals surface area contributed by atoms with Gasteiger partial charge < -0.3 is 5.32 Å². The van der Waals surface area contributed by atoms with Crippen LogP contribution in [0.2, 0.25) is 0 Å². The van der Waals surface area contributed by atoms with Crippen LogP contribution < -0.4 is 5.32 Å². The van der Waals surface area contributed by atoms with Crippen molar-refractivity contribution in [1.29, 1.82) is 0 Å². The Hall–Kier alpha value is -1.68. The molecule has 1 unspecified atom stereocenters. The Balaban J connectivity index is 2.03. The fraction of sp³-hybridized carbons (Fsp3) is 0.400. The molecule has 1 atom stereocenters. The van der Waals surface area contributed by atoms with Crippen LogP contribution in [0.5, 0.6) is 0 Å². The van der Waals surface area contributed by atoms with Gasteiger partial charge in [-0.2, -0.15) is 5.10 Å². The van der Waals surface area contributed by atoms with Crippen LogP contribution in [-0.4, -0.2) is 9.78 Å². The minimum absolute atomic E-state index is 0.106. The molecule has 3 nitrogen and oxygen atoms in total. The predicted molar refractivity (Wildman–Crippen MR) is 74.3 cm³/mol. The molecule has 1 aromatic carbocycles. The van der Waals surface area contributed by atoms with Crippen LogP contribution >= 0.6 is 0 Å². The zero-order chi connectivity index (χ0) is 14.0. The largest absolute Gasteiger partial charge is 0.306 e. The molecule has 0 amide bonds. The highest BCUT2D eigenvalue weighted by atomic mass is 19.1. The average molecular weight is 261 g/mol.